The molecule has 0 saturated heterocycles. The number of nitrogens with zero attached hydrogens (tertiary/aromatic N) is 3. The van der Waals surface area contributed by atoms with Crippen molar-refractivity contribution in [3.05, 3.63) is 83.5 Å². The molecule has 0 aliphatic heterocycles. The molecule has 4 aromatic rings. The minimum absolute atomic E-state index is 0.217. The predicted molar refractivity (Wildman–Crippen MR) is 157 cm³/mol. The minimum Gasteiger partial charge on any atom is -0.497 e. The second-order valence-electron chi connectivity index (χ2n) is 8.86. The Morgan fingerprint density at radius 2 is 1.61 bits per heavy atom. The van der Waals surface area contributed by atoms with Gasteiger partial charge >= 0.3 is 0 Å². The molecule has 0 bridgehead atoms. The van der Waals surface area contributed by atoms with Gasteiger partial charge in [-0.05, 0) is 48.5 Å². The van der Waals surface area contributed by atoms with Crippen LogP contribution in [0.3, 0.4) is 0 Å². The smallest absolute Gasteiger partial charge is 0.254 e. The molecule has 0 aliphatic rings. The molecule has 0 unspecified atom stereocenters. The molecule has 0 saturated carbocycles. The summed E-state index contributed by atoms with van der Waals surface area (Å²) < 4.78 is 22.9. The third-order valence-electron chi connectivity index (χ3n) is 6.27. The number of methoxy groups -OCH3 is 4. The molecule has 3 aromatic carbocycles. The van der Waals surface area contributed by atoms with E-state index in [0.29, 0.717) is 39.2 Å². The number of amides is 2. The van der Waals surface area contributed by atoms with Crippen molar-refractivity contribution in [3.63, 3.8) is 0 Å². The highest BCUT2D eigenvalue weighted by Crippen LogP contribution is 2.32. The van der Waals surface area contributed by atoms with Gasteiger partial charge in [-0.3, -0.25) is 19.5 Å². The SMILES string of the molecule is COCCN(CC(=O)Nc1nc(-c2ccc(Cl)cc2)cn1-c1ccc(OC)c(OC)c1)C(=O)c1ccc(OC)cc1. The van der Waals surface area contributed by atoms with Crippen LogP contribution in [-0.2, 0) is 9.53 Å². The molecule has 4 rings (SSSR count). The zero-order chi connectivity index (χ0) is 29.4. The van der Waals surface area contributed by atoms with Crippen LogP contribution in [0.5, 0.6) is 17.2 Å². The number of aromatic nitrogens is 2. The highest BCUT2D eigenvalue weighted by molar-refractivity contribution is 6.30. The molecule has 0 fully saturated rings. The van der Waals surface area contributed by atoms with Crippen molar-refractivity contribution in [1.29, 1.82) is 0 Å². The molecule has 1 heterocycles. The van der Waals surface area contributed by atoms with Crippen LogP contribution in [0, 0.1) is 0 Å². The lowest BCUT2D eigenvalue weighted by molar-refractivity contribution is -0.117. The number of hydrogen-bond acceptors (Lipinski definition) is 7. The summed E-state index contributed by atoms with van der Waals surface area (Å²) in [5.41, 5.74) is 2.51. The molecule has 41 heavy (non-hydrogen) atoms. The lowest BCUT2D eigenvalue weighted by atomic mass is 10.2. The molecule has 10 nitrogen and oxygen atoms in total. The van der Waals surface area contributed by atoms with Crippen molar-refractivity contribution in [1.82, 2.24) is 14.5 Å². The number of nitrogens with one attached hydrogen (secondary N) is 1. The summed E-state index contributed by atoms with van der Waals surface area (Å²) >= 11 is 6.08. The van der Waals surface area contributed by atoms with Crippen molar-refractivity contribution in [2.45, 2.75) is 0 Å². The molecule has 0 aliphatic carbocycles. The van der Waals surface area contributed by atoms with E-state index in [2.05, 4.69) is 10.3 Å². The lowest BCUT2D eigenvalue weighted by Crippen LogP contribution is -2.40. The van der Waals surface area contributed by atoms with Crippen LogP contribution >= 0.6 is 11.6 Å². The summed E-state index contributed by atoms with van der Waals surface area (Å²) in [5.74, 6) is 1.21. The number of carbonyl (C=O) groups is 2. The van der Waals surface area contributed by atoms with E-state index < -0.39 is 5.91 Å². The Morgan fingerprint density at radius 3 is 2.24 bits per heavy atom. The number of ether oxygens (including phenoxy) is 4. The van der Waals surface area contributed by atoms with Gasteiger partial charge < -0.3 is 23.8 Å². The Kier molecular flexibility index (Phi) is 9.83. The second kappa shape index (κ2) is 13.7. The monoisotopic (exact) mass is 578 g/mol. The molecule has 0 spiro atoms. The molecule has 1 N–H and O–H groups in total. The number of halogens is 1. The normalized spacial score (nSPS) is 10.7. The first kappa shape index (κ1) is 29.4. The largest absolute Gasteiger partial charge is 0.497 e. The number of hydrogen-bond donors (Lipinski definition) is 1. The first-order valence-electron chi connectivity index (χ1n) is 12.7. The van der Waals surface area contributed by atoms with Gasteiger partial charge in [-0.2, -0.15) is 0 Å². The summed E-state index contributed by atoms with van der Waals surface area (Å²) in [7, 11) is 6.19. The molecular formula is C30H31ClN4O6. The molecule has 0 atom stereocenters. The maximum atomic E-state index is 13.3. The van der Waals surface area contributed by atoms with Crippen LogP contribution in [0.2, 0.25) is 5.02 Å². The highest BCUT2D eigenvalue weighted by Gasteiger charge is 2.21. The Balaban J connectivity index is 1.64. The van der Waals surface area contributed by atoms with Crippen molar-refractivity contribution >= 4 is 29.4 Å². The van der Waals surface area contributed by atoms with Gasteiger partial charge in [0.25, 0.3) is 5.91 Å². The zero-order valence-electron chi connectivity index (χ0n) is 23.2. The van der Waals surface area contributed by atoms with Gasteiger partial charge in [0, 0.05) is 42.1 Å². The Bertz CT molecular complexity index is 1490. The fraction of sp³-hybridized carbons (Fsp3) is 0.233. The molecule has 2 amide bonds. The molecule has 214 valence electrons. The van der Waals surface area contributed by atoms with E-state index in [-0.39, 0.29) is 31.6 Å². The van der Waals surface area contributed by atoms with E-state index in [1.807, 2.05) is 18.2 Å². The maximum absolute atomic E-state index is 13.3. The van der Waals surface area contributed by atoms with Gasteiger partial charge in [-0.1, -0.05) is 23.7 Å². The number of rotatable bonds is 12. The summed E-state index contributed by atoms with van der Waals surface area (Å²) in [4.78, 5) is 32.7. The summed E-state index contributed by atoms with van der Waals surface area (Å²) in [6.07, 6.45) is 1.80. The van der Waals surface area contributed by atoms with Crippen LogP contribution in [-0.4, -0.2) is 74.4 Å². The Morgan fingerprint density at radius 1 is 0.902 bits per heavy atom. The standard InChI is InChI=1S/C30H31ClN4O6/c1-38-16-15-34(29(37)21-7-12-24(39-2)13-8-21)19-28(36)33-30-32-25(20-5-9-22(31)10-6-20)18-35(30)23-11-14-26(40-3)27(17-23)41-4/h5-14,17-18H,15-16,19H2,1-4H3,(H,32,33,36). The molecular weight excluding hydrogens is 548 g/mol. The number of anilines is 1. The maximum Gasteiger partial charge on any atom is 0.254 e. The van der Waals surface area contributed by atoms with Crippen LogP contribution in [0.4, 0.5) is 5.95 Å². The van der Waals surface area contributed by atoms with Gasteiger partial charge in [-0.25, -0.2) is 4.98 Å². The van der Waals surface area contributed by atoms with E-state index in [1.54, 1.807) is 80.6 Å². The molecule has 11 heteroatoms. The highest BCUT2D eigenvalue weighted by atomic mass is 35.5. The minimum atomic E-state index is -0.432. The predicted octanol–water partition coefficient (Wildman–Crippen LogP) is 4.95. The molecule has 0 radical (unpaired) electrons. The van der Waals surface area contributed by atoms with Gasteiger partial charge in [0.05, 0.1) is 39.3 Å². The average molecular weight is 579 g/mol. The van der Waals surface area contributed by atoms with Crippen molar-refractivity contribution < 1.29 is 28.5 Å². The third kappa shape index (κ3) is 7.16. The van der Waals surface area contributed by atoms with Gasteiger partial charge in [0.2, 0.25) is 11.9 Å². The number of benzene rings is 3. The van der Waals surface area contributed by atoms with Crippen LogP contribution in [0.1, 0.15) is 10.4 Å². The number of imidazole rings is 1. The van der Waals surface area contributed by atoms with Gasteiger partial charge in [0.15, 0.2) is 11.5 Å². The van der Waals surface area contributed by atoms with Crippen LogP contribution in [0.15, 0.2) is 72.9 Å². The van der Waals surface area contributed by atoms with Crippen LogP contribution < -0.4 is 19.5 Å². The fourth-order valence-electron chi connectivity index (χ4n) is 4.11. The average Bonchev–Trinajstić information content (AvgIpc) is 3.42. The fourth-order valence-corrected chi connectivity index (χ4v) is 4.23. The molecule has 1 aromatic heterocycles. The van der Waals surface area contributed by atoms with E-state index in [0.717, 1.165) is 5.56 Å². The van der Waals surface area contributed by atoms with Crippen molar-refractivity contribution in [2.75, 3.05) is 53.5 Å². The van der Waals surface area contributed by atoms with E-state index in [1.165, 1.54) is 12.0 Å². The summed E-state index contributed by atoms with van der Waals surface area (Å²) in [6.45, 7) is 0.258. The zero-order valence-corrected chi connectivity index (χ0v) is 24.0. The quantitative estimate of drug-likeness (QED) is 0.254. The summed E-state index contributed by atoms with van der Waals surface area (Å²) in [6, 6.07) is 19.3. The van der Waals surface area contributed by atoms with Gasteiger partial charge in [0.1, 0.15) is 12.3 Å². The Hall–Kier alpha value is -4.54. The van der Waals surface area contributed by atoms with E-state index in [9.17, 15) is 9.59 Å². The lowest BCUT2D eigenvalue weighted by Gasteiger charge is -2.22. The second-order valence-corrected chi connectivity index (χ2v) is 9.30. The van der Waals surface area contributed by atoms with Crippen LogP contribution in [0.25, 0.3) is 16.9 Å². The first-order valence-corrected chi connectivity index (χ1v) is 13.0. The van der Waals surface area contributed by atoms with Crippen molar-refractivity contribution in [2.24, 2.45) is 0 Å². The van der Waals surface area contributed by atoms with Gasteiger partial charge in [-0.15, -0.1) is 0 Å². The third-order valence-corrected chi connectivity index (χ3v) is 6.52. The number of carbonyl (C=O) groups excluding carboxylic acids is 2. The van der Waals surface area contributed by atoms with E-state index >= 15 is 0 Å². The van der Waals surface area contributed by atoms with E-state index in [4.69, 9.17) is 30.5 Å². The van der Waals surface area contributed by atoms with Crippen molar-refractivity contribution in [3.8, 4) is 34.2 Å². The summed E-state index contributed by atoms with van der Waals surface area (Å²) in [5, 5.41) is 3.46. The Labute approximate surface area is 243 Å². The first-order chi connectivity index (χ1) is 19.9. The topological polar surface area (TPSA) is 104 Å².